The molecule has 1 aliphatic heterocycles. The average Bonchev–Trinajstić information content (AvgIpc) is 2.94. The maximum absolute atomic E-state index is 12.5. The predicted molar refractivity (Wildman–Crippen MR) is 100.0 cm³/mol. The van der Waals surface area contributed by atoms with Crippen molar-refractivity contribution in [1.82, 2.24) is 0 Å². The Morgan fingerprint density at radius 1 is 1.42 bits per heavy atom. The molecule has 5 nitrogen and oxygen atoms in total. The van der Waals surface area contributed by atoms with Gasteiger partial charge in [-0.3, -0.25) is 4.72 Å². The van der Waals surface area contributed by atoms with Crippen molar-refractivity contribution in [3.63, 3.8) is 0 Å². The van der Waals surface area contributed by atoms with Crippen molar-refractivity contribution < 1.29 is 13.2 Å². The van der Waals surface area contributed by atoms with Gasteiger partial charge in [-0.25, -0.2) is 8.42 Å². The zero-order valence-electron chi connectivity index (χ0n) is 12.7. The first-order valence-corrected chi connectivity index (χ1v) is 9.78. The fourth-order valence-corrected chi connectivity index (χ4v) is 4.81. The molecule has 0 saturated heterocycles. The Balaban J connectivity index is 1.88. The highest BCUT2D eigenvalue weighted by atomic mass is 32.2. The van der Waals surface area contributed by atoms with Gasteiger partial charge in [-0.2, -0.15) is 0 Å². The van der Waals surface area contributed by atoms with E-state index in [0.717, 1.165) is 22.6 Å². The van der Waals surface area contributed by atoms with Gasteiger partial charge in [0.1, 0.15) is 10.3 Å². The van der Waals surface area contributed by atoms with E-state index in [-0.39, 0.29) is 10.3 Å². The van der Waals surface area contributed by atoms with Crippen molar-refractivity contribution in [2.75, 3.05) is 10.0 Å². The number of thiophene rings is 1. The number of hydrogen-bond acceptors (Lipinski definition) is 5. The molecular weight excluding hydrogens is 364 g/mol. The number of terminal acetylenes is 1. The molecule has 1 aliphatic rings. The third-order valence-electron chi connectivity index (χ3n) is 3.40. The third kappa shape index (κ3) is 3.53. The number of nitrogens with one attached hydrogen (secondary N) is 2. The summed E-state index contributed by atoms with van der Waals surface area (Å²) in [5.41, 5.74) is 2.22. The number of ether oxygens (including phenoxy) is 1. The van der Waals surface area contributed by atoms with Crippen LogP contribution < -0.4 is 10.0 Å². The summed E-state index contributed by atoms with van der Waals surface area (Å²) >= 11 is 6.14. The number of benzene rings is 1. The molecule has 0 aliphatic carbocycles. The summed E-state index contributed by atoms with van der Waals surface area (Å²) in [7, 11) is -3.67. The van der Waals surface area contributed by atoms with Crippen LogP contribution in [-0.4, -0.2) is 19.7 Å². The summed E-state index contributed by atoms with van der Waals surface area (Å²) in [5.74, 6) is 2.43. The molecule has 2 heterocycles. The second-order valence-electron chi connectivity index (χ2n) is 5.29. The monoisotopic (exact) mass is 378 g/mol. The fourth-order valence-electron chi connectivity index (χ4n) is 2.37. The summed E-state index contributed by atoms with van der Waals surface area (Å²) in [5, 5.41) is 3.31. The van der Waals surface area contributed by atoms with Gasteiger partial charge in [0, 0.05) is 17.8 Å². The first-order chi connectivity index (χ1) is 11.4. The van der Waals surface area contributed by atoms with E-state index in [1.807, 2.05) is 6.92 Å². The van der Waals surface area contributed by atoms with Crippen molar-refractivity contribution in [1.29, 1.82) is 0 Å². The molecule has 2 aromatic rings. The van der Waals surface area contributed by atoms with E-state index < -0.39 is 10.0 Å². The Morgan fingerprint density at radius 3 is 2.92 bits per heavy atom. The first kappa shape index (κ1) is 16.8. The molecule has 0 amide bonds. The zero-order chi connectivity index (χ0) is 17.3. The standard InChI is InChI=1S/C16H14N2O3S3/c1-3-13-5-7-15(23-13)24(19,20)18-12-4-6-14-11(9-12)8-10(2)21-16(22)17-14/h1,4-7,9-10,18H,8H2,2H3,(H,17,22). The first-order valence-electron chi connectivity index (χ1n) is 7.07. The highest BCUT2D eigenvalue weighted by Gasteiger charge is 2.20. The molecule has 8 heteroatoms. The smallest absolute Gasteiger partial charge is 0.271 e. The number of sulfonamides is 1. The number of rotatable bonds is 3. The molecule has 1 aromatic heterocycles. The van der Waals surface area contributed by atoms with Crippen LogP contribution in [0, 0.1) is 12.3 Å². The van der Waals surface area contributed by atoms with E-state index in [4.69, 9.17) is 23.4 Å². The summed E-state index contributed by atoms with van der Waals surface area (Å²) in [4.78, 5) is 0.570. The number of fused-ring (bicyclic) bond motifs is 1. The van der Waals surface area contributed by atoms with Crippen molar-refractivity contribution in [3.05, 3.63) is 40.8 Å². The van der Waals surface area contributed by atoms with E-state index >= 15 is 0 Å². The lowest BCUT2D eigenvalue weighted by molar-refractivity contribution is 0.217. The quantitative estimate of drug-likeness (QED) is 0.634. The molecule has 124 valence electrons. The molecule has 1 unspecified atom stereocenters. The maximum atomic E-state index is 12.5. The summed E-state index contributed by atoms with van der Waals surface area (Å²) in [6.45, 7) is 1.91. The zero-order valence-corrected chi connectivity index (χ0v) is 15.1. The Hall–Kier alpha value is -2.08. The fraction of sp³-hybridized carbons (Fsp3) is 0.188. The van der Waals surface area contributed by atoms with Crippen LogP contribution in [0.25, 0.3) is 0 Å². The van der Waals surface area contributed by atoms with E-state index in [0.29, 0.717) is 22.2 Å². The van der Waals surface area contributed by atoms with Gasteiger partial charge in [0.25, 0.3) is 15.2 Å². The van der Waals surface area contributed by atoms with Crippen molar-refractivity contribution in [2.45, 2.75) is 23.7 Å². The molecule has 0 saturated carbocycles. The summed E-state index contributed by atoms with van der Waals surface area (Å²) in [6, 6.07) is 8.35. The third-order valence-corrected chi connectivity index (χ3v) is 6.49. The maximum Gasteiger partial charge on any atom is 0.271 e. The second-order valence-corrected chi connectivity index (χ2v) is 8.65. The number of hydrogen-bond donors (Lipinski definition) is 2. The molecule has 0 spiro atoms. The molecule has 0 fully saturated rings. The minimum absolute atomic E-state index is 0.0893. The van der Waals surface area contributed by atoms with Gasteiger partial charge in [0.2, 0.25) is 0 Å². The van der Waals surface area contributed by atoms with Crippen LogP contribution in [0.2, 0.25) is 0 Å². The molecule has 1 atom stereocenters. The normalized spacial score (nSPS) is 17.0. The molecule has 0 bridgehead atoms. The van der Waals surface area contributed by atoms with Crippen LogP contribution >= 0.6 is 23.6 Å². The van der Waals surface area contributed by atoms with Gasteiger partial charge in [0.15, 0.2) is 0 Å². The van der Waals surface area contributed by atoms with Crippen LogP contribution in [-0.2, 0) is 21.2 Å². The van der Waals surface area contributed by atoms with Crippen molar-refractivity contribution in [2.24, 2.45) is 0 Å². The van der Waals surface area contributed by atoms with E-state index in [9.17, 15) is 8.42 Å². The number of anilines is 2. The van der Waals surface area contributed by atoms with E-state index in [1.54, 1.807) is 24.3 Å². The van der Waals surface area contributed by atoms with Crippen molar-refractivity contribution in [3.8, 4) is 12.3 Å². The van der Waals surface area contributed by atoms with Crippen LogP contribution in [0.1, 0.15) is 17.4 Å². The lowest BCUT2D eigenvalue weighted by atomic mass is 10.1. The summed E-state index contributed by atoms with van der Waals surface area (Å²) < 4.78 is 33.2. The van der Waals surface area contributed by atoms with Crippen LogP contribution in [0.5, 0.6) is 0 Å². The Labute approximate surface area is 150 Å². The van der Waals surface area contributed by atoms with Crippen LogP contribution in [0.4, 0.5) is 11.4 Å². The highest BCUT2D eigenvalue weighted by Crippen LogP contribution is 2.28. The Kier molecular flexibility index (Phi) is 4.49. The molecule has 3 rings (SSSR count). The van der Waals surface area contributed by atoms with E-state index in [2.05, 4.69) is 16.0 Å². The lowest BCUT2D eigenvalue weighted by Crippen LogP contribution is -2.16. The van der Waals surface area contributed by atoms with Crippen LogP contribution in [0.15, 0.2) is 34.5 Å². The SMILES string of the molecule is C#Cc1ccc(S(=O)(=O)Nc2ccc3c(c2)CC(C)OC(=S)N3)s1. The topological polar surface area (TPSA) is 67.4 Å². The molecule has 24 heavy (non-hydrogen) atoms. The average molecular weight is 379 g/mol. The predicted octanol–water partition coefficient (Wildman–Crippen LogP) is 3.19. The van der Waals surface area contributed by atoms with E-state index in [1.165, 1.54) is 6.07 Å². The largest absolute Gasteiger partial charge is 0.467 e. The van der Waals surface area contributed by atoms with Crippen LogP contribution in [0.3, 0.4) is 0 Å². The van der Waals surface area contributed by atoms with Gasteiger partial charge < -0.3 is 10.1 Å². The lowest BCUT2D eigenvalue weighted by Gasteiger charge is -2.11. The minimum atomic E-state index is -3.67. The van der Waals surface area contributed by atoms with Gasteiger partial charge in [0.05, 0.1) is 4.88 Å². The van der Waals surface area contributed by atoms with Gasteiger partial charge >= 0.3 is 0 Å². The number of thiocarbonyl (C=S) groups is 1. The Bertz CT molecular complexity index is 942. The molecule has 0 radical (unpaired) electrons. The second kappa shape index (κ2) is 6.43. The molecular formula is C16H14N2O3S3. The Morgan fingerprint density at radius 2 is 2.21 bits per heavy atom. The highest BCUT2D eigenvalue weighted by molar-refractivity contribution is 7.94. The van der Waals surface area contributed by atoms with Crippen molar-refractivity contribution >= 4 is 50.1 Å². The van der Waals surface area contributed by atoms with Gasteiger partial charge in [-0.1, -0.05) is 5.92 Å². The van der Waals surface area contributed by atoms with Gasteiger partial charge in [-0.15, -0.1) is 17.8 Å². The summed E-state index contributed by atoms with van der Waals surface area (Å²) in [6.07, 6.45) is 5.82. The molecule has 1 aromatic carbocycles. The minimum Gasteiger partial charge on any atom is -0.467 e. The molecule has 2 N–H and O–H groups in total. The van der Waals surface area contributed by atoms with Gasteiger partial charge in [-0.05, 0) is 55.0 Å².